The number of unbranched alkanes of at least 4 members (excludes halogenated alkanes) is 7. The Bertz CT molecular complexity index is 295. The van der Waals surface area contributed by atoms with Crippen molar-refractivity contribution in [3.8, 4) is 0 Å². The van der Waals surface area contributed by atoms with Gasteiger partial charge in [-0.2, -0.15) is 0 Å². The first-order chi connectivity index (χ1) is 9.16. The number of aliphatic carboxylic acids is 1. The monoisotopic (exact) mass is 268 g/mol. The molecule has 19 heavy (non-hydrogen) atoms. The van der Waals surface area contributed by atoms with Crippen molar-refractivity contribution >= 4 is 11.9 Å². The molecule has 1 N–H and O–H groups in total. The molecule has 0 radical (unpaired) electrons. The highest BCUT2D eigenvalue weighted by molar-refractivity contribution is 5.82. The SMILES string of the molecule is C=COC(=O)C=CCCCCCCCCCC(=O)O. The lowest BCUT2D eigenvalue weighted by Gasteiger charge is -2.00. The van der Waals surface area contributed by atoms with E-state index in [0.29, 0.717) is 0 Å². The standard InChI is InChI=1S/C15H24O4/c1-2-19-15(18)13-11-9-7-5-3-4-6-8-10-12-14(16)17/h2,11,13H,1,3-10,12H2,(H,16,17). The van der Waals surface area contributed by atoms with Gasteiger partial charge in [-0.15, -0.1) is 0 Å². The molecule has 0 spiro atoms. The number of rotatable bonds is 12. The van der Waals surface area contributed by atoms with Gasteiger partial charge in [0.25, 0.3) is 0 Å². The molecule has 0 fully saturated rings. The quantitative estimate of drug-likeness (QED) is 0.253. The van der Waals surface area contributed by atoms with Crippen LogP contribution in [-0.4, -0.2) is 17.0 Å². The van der Waals surface area contributed by atoms with E-state index < -0.39 is 5.97 Å². The van der Waals surface area contributed by atoms with Gasteiger partial charge < -0.3 is 9.84 Å². The molecule has 4 nitrogen and oxygen atoms in total. The van der Waals surface area contributed by atoms with Crippen molar-refractivity contribution in [3.63, 3.8) is 0 Å². The summed E-state index contributed by atoms with van der Waals surface area (Å²) < 4.78 is 4.54. The minimum atomic E-state index is -0.707. The molecule has 0 aromatic heterocycles. The predicted octanol–water partition coefficient (Wildman–Crippen LogP) is 3.82. The lowest BCUT2D eigenvalue weighted by molar-refractivity contribution is -0.137. The van der Waals surface area contributed by atoms with Gasteiger partial charge in [0.1, 0.15) is 0 Å². The van der Waals surface area contributed by atoms with Crippen LogP contribution in [0.2, 0.25) is 0 Å². The number of carboxylic acid groups (broad SMARTS) is 1. The Balaban J connectivity index is 3.20. The smallest absolute Gasteiger partial charge is 0.335 e. The van der Waals surface area contributed by atoms with Crippen molar-refractivity contribution in [3.05, 3.63) is 25.0 Å². The molecule has 0 saturated heterocycles. The maximum atomic E-state index is 10.9. The van der Waals surface area contributed by atoms with E-state index in [1.54, 1.807) is 0 Å². The summed E-state index contributed by atoms with van der Waals surface area (Å²) in [7, 11) is 0. The normalized spacial score (nSPS) is 10.5. The van der Waals surface area contributed by atoms with Crippen LogP contribution in [0.15, 0.2) is 25.0 Å². The summed E-state index contributed by atoms with van der Waals surface area (Å²) in [4.78, 5) is 21.2. The van der Waals surface area contributed by atoms with Crippen molar-refractivity contribution in [1.29, 1.82) is 0 Å². The third kappa shape index (κ3) is 14.4. The first-order valence-corrected chi connectivity index (χ1v) is 6.86. The van der Waals surface area contributed by atoms with Crippen LogP contribution in [0, 0.1) is 0 Å². The number of allylic oxidation sites excluding steroid dienone is 1. The fraction of sp³-hybridized carbons (Fsp3) is 0.600. The van der Waals surface area contributed by atoms with Gasteiger partial charge in [-0.05, 0) is 19.3 Å². The third-order valence-electron chi connectivity index (χ3n) is 2.71. The molecule has 0 amide bonds. The highest BCUT2D eigenvalue weighted by atomic mass is 16.5. The van der Waals surface area contributed by atoms with Crippen molar-refractivity contribution in [1.82, 2.24) is 0 Å². The van der Waals surface area contributed by atoms with Crippen LogP contribution in [0.5, 0.6) is 0 Å². The van der Waals surface area contributed by atoms with Crippen molar-refractivity contribution in [2.45, 2.75) is 57.8 Å². The Morgan fingerprint density at radius 3 is 2.16 bits per heavy atom. The van der Waals surface area contributed by atoms with Crippen LogP contribution in [0.25, 0.3) is 0 Å². The number of carbonyl (C=O) groups is 2. The second-order valence-electron chi connectivity index (χ2n) is 4.41. The van der Waals surface area contributed by atoms with Crippen LogP contribution in [-0.2, 0) is 14.3 Å². The molecular weight excluding hydrogens is 244 g/mol. The van der Waals surface area contributed by atoms with E-state index in [0.717, 1.165) is 57.6 Å². The molecule has 0 saturated carbocycles. The third-order valence-corrected chi connectivity index (χ3v) is 2.71. The number of hydrogen-bond donors (Lipinski definition) is 1. The zero-order valence-electron chi connectivity index (χ0n) is 11.5. The van der Waals surface area contributed by atoms with Crippen LogP contribution in [0.3, 0.4) is 0 Å². The van der Waals surface area contributed by atoms with Crippen LogP contribution in [0.1, 0.15) is 57.8 Å². The van der Waals surface area contributed by atoms with Gasteiger partial charge in [-0.3, -0.25) is 4.79 Å². The topological polar surface area (TPSA) is 63.6 Å². The fourth-order valence-corrected chi connectivity index (χ4v) is 1.72. The van der Waals surface area contributed by atoms with Crippen molar-refractivity contribution < 1.29 is 19.4 Å². The second-order valence-corrected chi connectivity index (χ2v) is 4.41. The van der Waals surface area contributed by atoms with Gasteiger partial charge in [0, 0.05) is 12.5 Å². The number of ether oxygens (including phenoxy) is 1. The number of carbonyl (C=O) groups excluding carboxylic acids is 1. The lowest BCUT2D eigenvalue weighted by atomic mass is 10.1. The van der Waals surface area contributed by atoms with Gasteiger partial charge in [-0.1, -0.05) is 44.8 Å². The molecule has 0 aliphatic heterocycles. The Morgan fingerprint density at radius 1 is 1.00 bits per heavy atom. The molecule has 0 bridgehead atoms. The predicted molar refractivity (Wildman–Crippen MR) is 74.6 cm³/mol. The Morgan fingerprint density at radius 2 is 1.58 bits per heavy atom. The van der Waals surface area contributed by atoms with E-state index in [4.69, 9.17) is 5.11 Å². The molecular formula is C15H24O4. The molecule has 0 aromatic rings. The molecule has 108 valence electrons. The maximum Gasteiger partial charge on any atom is 0.335 e. The first kappa shape index (κ1) is 17.4. The molecule has 4 heteroatoms. The van der Waals surface area contributed by atoms with Gasteiger partial charge in [-0.25, -0.2) is 4.79 Å². The van der Waals surface area contributed by atoms with Crippen molar-refractivity contribution in [2.75, 3.05) is 0 Å². The highest BCUT2D eigenvalue weighted by Gasteiger charge is 1.96. The van der Waals surface area contributed by atoms with E-state index in [1.807, 2.05) is 6.08 Å². The second kappa shape index (κ2) is 12.9. The summed E-state index contributed by atoms with van der Waals surface area (Å²) in [6.45, 7) is 3.30. The average Bonchev–Trinajstić information content (AvgIpc) is 2.36. The summed E-state index contributed by atoms with van der Waals surface area (Å²) >= 11 is 0. The van der Waals surface area contributed by atoms with Gasteiger partial charge in [0.15, 0.2) is 0 Å². The molecule has 0 unspecified atom stereocenters. The first-order valence-electron chi connectivity index (χ1n) is 6.86. The molecule has 0 aliphatic carbocycles. The zero-order chi connectivity index (χ0) is 14.3. The number of esters is 1. The molecule has 0 atom stereocenters. The summed E-state index contributed by atoms with van der Waals surface area (Å²) in [5.74, 6) is -1.09. The largest absolute Gasteiger partial charge is 0.481 e. The zero-order valence-corrected chi connectivity index (χ0v) is 11.5. The van der Waals surface area contributed by atoms with Crippen LogP contribution >= 0.6 is 0 Å². The van der Waals surface area contributed by atoms with Crippen LogP contribution in [0.4, 0.5) is 0 Å². The highest BCUT2D eigenvalue weighted by Crippen LogP contribution is 2.09. The summed E-state index contributed by atoms with van der Waals surface area (Å²) in [5.41, 5.74) is 0. The molecule has 0 heterocycles. The van der Waals surface area contributed by atoms with Gasteiger partial charge in [0.2, 0.25) is 0 Å². The minimum Gasteiger partial charge on any atom is -0.481 e. The van der Waals surface area contributed by atoms with Crippen molar-refractivity contribution in [2.24, 2.45) is 0 Å². The average molecular weight is 268 g/mol. The van der Waals surface area contributed by atoms with Gasteiger partial charge >= 0.3 is 11.9 Å². The summed E-state index contributed by atoms with van der Waals surface area (Å²) in [5, 5.41) is 8.46. The summed E-state index contributed by atoms with van der Waals surface area (Å²) in [6, 6.07) is 0. The van der Waals surface area contributed by atoms with E-state index in [2.05, 4.69) is 11.3 Å². The van der Waals surface area contributed by atoms with E-state index >= 15 is 0 Å². The Hall–Kier alpha value is -1.58. The molecule has 0 aliphatic rings. The summed E-state index contributed by atoms with van der Waals surface area (Å²) in [6.07, 6.45) is 12.9. The fourth-order valence-electron chi connectivity index (χ4n) is 1.72. The maximum absolute atomic E-state index is 10.9. The van der Waals surface area contributed by atoms with E-state index in [9.17, 15) is 9.59 Å². The Kier molecular flexibility index (Phi) is 11.8. The van der Waals surface area contributed by atoms with E-state index in [1.165, 1.54) is 6.08 Å². The van der Waals surface area contributed by atoms with Gasteiger partial charge in [0.05, 0.1) is 6.26 Å². The molecule has 0 aromatic carbocycles. The minimum absolute atomic E-state index is 0.283. The number of hydrogen-bond acceptors (Lipinski definition) is 3. The number of carboxylic acids is 1. The van der Waals surface area contributed by atoms with Crippen LogP contribution < -0.4 is 0 Å². The van der Waals surface area contributed by atoms with E-state index in [-0.39, 0.29) is 12.4 Å². The molecule has 0 rings (SSSR count). The lowest BCUT2D eigenvalue weighted by Crippen LogP contribution is -1.93. The Labute approximate surface area is 115 Å².